The molecule has 7 nitrogen and oxygen atoms in total. The lowest BCUT2D eigenvalue weighted by Crippen LogP contribution is -2.40. The molecule has 0 aliphatic heterocycles. The SMILES string of the molecule is CC(C)(C)OC(=O)N(C(=O)O)c1ncc(Br)c2cc(CN)ccc12. The van der Waals surface area contributed by atoms with Gasteiger partial charge >= 0.3 is 12.2 Å². The number of fused-ring (bicyclic) bond motifs is 1. The number of benzene rings is 1. The third kappa shape index (κ3) is 3.82. The zero-order chi connectivity index (χ0) is 18.1. The van der Waals surface area contributed by atoms with Crippen molar-refractivity contribution in [3.8, 4) is 0 Å². The van der Waals surface area contributed by atoms with Crippen LogP contribution in [-0.4, -0.2) is 27.9 Å². The summed E-state index contributed by atoms with van der Waals surface area (Å²) in [5.74, 6) is -0.0153. The normalized spacial score (nSPS) is 11.4. The number of carbonyl (C=O) groups is 2. The van der Waals surface area contributed by atoms with Crippen LogP contribution >= 0.6 is 15.9 Å². The molecule has 0 fully saturated rings. The molecule has 0 bridgehead atoms. The first-order valence-corrected chi connectivity index (χ1v) is 7.96. The highest BCUT2D eigenvalue weighted by Crippen LogP contribution is 2.32. The molecule has 0 saturated heterocycles. The molecule has 1 aromatic heterocycles. The van der Waals surface area contributed by atoms with E-state index in [1.54, 1.807) is 32.9 Å². The fourth-order valence-corrected chi connectivity index (χ4v) is 2.54. The highest BCUT2D eigenvalue weighted by atomic mass is 79.9. The highest BCUT2D eigenvalue weighted by molar-refractivity contribution is 9.10. The standard InChI is InChI=1S/C16H18BrN3O4/c1-16(2,3)24-15(23)20(14(21)22)13-10-5-4-9(7-18)6-11(10)12(17)8-19-13/h4-6,8H,7,18H2,1-3H3,(H,21,22). The molecular weight excluding hydrogens is 378 g/mol. The van der Waals surface area contributed by atoms with Crippen molar-refractivity contribution in [1.82, 2.24) is 4.98 Å². The predicted octanol–water partition coefficient (Wildman–Crippen LogP) is 3.88. The Kier molecular flexibility index (Phi) is 5.10. The Morgan fingerprint density at radius 2 is 2.00 bits per heavy atom. The van der Waals surface area contributed by atoms with Crippen molar-refractivity contribution in [1.29, 1.82) is 0 Å². The maximum absolute atomic E-state index is 12.3. The average Bonchev–Trinajstić information content (AvgIpc) is 2.47. The minimum Gasteiger partial charge on any atom is -0.464 e. The maximum atomic E-state index is 12.3. The van der Waals surface area contributed by atoms with Crippen LogP contribution in [0.4, 0.5) is 15.4 Å². The van der Waals surface area contributed by atoms with E-state index >= 15 is 0 Å². The van der Waals surface area contributed by atoms with E-state index in [0.717, 1.165) is 5.56 Å². The van der Waals surface area contributed by atoms with Crippen molar-refractivity contribution >= 4 is 44.7 Å². The Morgan fingerprint density at radius 3 is 2.54 bits per heavy atom. The Labute approximate surface area is 147 Å². The van der Waals surface area contributed by atoms with Gasteiger partial charge in [-0.25, -0.2) is 14.6 Å². The second-order valence-corrected chi connectivity index (χ2v) is 6.97. The number of carboxylic acid groups (broad SMARTS) is 1. The summed E-state index contributed by atoms with van der Waals surface area (Å²) in [6, 6.07) is 5.26. The molecule has 0 radical (unpaired) electrons. The van der Waals surface area contributed by atoms with Crippen LogP contribution in [0.25, 0.3) is 10.8 Å². The molecule has 0 unspecified atom stereocenters. The van der Waals surface area contributed by atoms with Crippen molar-refractivity contribution in [2.45, 2.75) is 32.9 Å². The molecule has 0 spiro atoms. The van der Waals surface area contributed by atoms with Crippen LogP contribution in [0.5, 0.6) is 0 Å². The number of amides is 2. The van der Waals surface area contributed by atoms with Crippen LogP contribution in [0.2, 0.25) is 0 Å². The number of ether oxygens (including phenoxy) is 1. The second-order valence-electron chi connectivity index (χ2n) is 6.11. The topological polar surface area (TPSA) is 106 Å². The lowest BCUT2D eigenvalue weighted by molar-refractivity contribution is 0.0581. The number of hydrogen-bond donors (Lipinski definition) is 2. The fraction of sp³-hybridized carbons (Fsp3) is 0.312. The van der Waals surface area contributed by atoms with Gasteiger partial charge in [-0.1, -0.05) is 12.1 Å². The zero-order valence-electron chi connectivity index (χ0n) is 13.5. The summed E-state index contributed by atoms with van der Waals surface area (Å²) in [4.78, 5) is 28.5. The Balaban J connectivity index is 2.61. The van der Waals surface area contributed by atoms with Gasteiger partial charge in [0.1, 0.15) is 5.60 Å². The molecule has 128 valence electrons. The number of hydrogen-bond acceptors (Lipinski definition) is 5. The van der Waals surface area contributed by atoms with E-state index in [9.17, 15) is 14.7 Å². The molecular formula is C16H18BrN3O4. The van der Waals surface area contributed by atoms with Crippen molar-refractivity contribution in [2.75, 3.05) is 4.90 Å². The number of carbonyl (C=O) groups excluding carboxylic acids is 1. The molecule has 2 amide bonds. The third-order valence-corrected chi connectivity index (χ3v) is 3.73. The lowest BCUT2D eigenvalue weighted by atomic mass is 10.1. The first-order chi connectivity index (χ1) is 11.1. The van der Waals surface area contributed by atoms with Crippen LogP contribution in [0.1, 0.15) is 26.3 Å². The van der Waals surface area contributed by atoms with Gasteiger partial charge in [0, 0.05) is 28.0 Å². The third-order valence-electron chi connectivity index (χ3n) is 3.10. The second kappa shape index (κ2) is 6.74. The largest absolute Gasteiger partial charge is 0.464 e. The first-order valence-electron chi connectivity index (χ1n) is 7.17. The summed E-state index contributed by atoms with van der Waals surface area (Å²) in [5.41, 5.74) is 5.69. The fourth-order valence-electron chi connectivity index (χ4n) is 2.11. The summed E-state index contributed by atoms with van der Waals surface area (Å²) in [5, 5.41) is 10.7. The summed E-state index contributed by atoms with van der Waals surface area (Å²) < 4.78 is 5.85. The van der Waals surface area contributed by atoms with E-state index in [4.69, 9.17) is 10.5 Å². The van der Waals surface area contributed by atoms with Crippen LogP contribution < -0.4 is 10.6 Å². The number of halogens is 1. The van der Waals surface area contributed by atoms with Crippen molar-refractivity contribution in [3.05, 3.63) is 34.4 Å². The van der Waals surface area contributed by atoms with Crippen molar-refractivity contribution < 1.29 is 19.4 Å². The minimum atomic E-state index is -1.47. The zero-order valence-corrected chi connectivity index (χ0v) is 15.1. The number of rotatable bonds is 2. The van der Waals surface area contributed by atoms with Gasteiger partial charge in [0.25, 0.3) is 0 Å². The molecule has 2 aromatic rings. The Hall–Kier alpha value is -2.19. The quantitative estimate of drug-likeness (QED) is 0.798. The molecule has 0 aliphatic carbocycles. The molecule has 0 saturated carbocycles. The summed E-state index contributed by atoms with van der Waals surface area (Å²) in [6.07, 6.45) is -1.03. The van der Waals surface area contributed by atoms with Gasteiger partial charge in [0.05, 0.1) is 0 Å². The maximum Gasteiger partial charge on any atom is 0.425 e. The number of aromatic nitrogens is 1. The van der Waals surface area contributed by atoms with Crippen LogP contribution in [0.3, 0.4) is 0 Å². The number of anilines is 1. The summed E-state index contributed by atoms with van der Waals surface area (Å²) in [7, 11) is 0. The van der Waals surface area contributed by atoms with E-state index in [1.165, 1.54) is 6.20 Å². The smallest absolute Gasteiger partial charge is 0.425 e. The van der Waals surface area contributed by atoms with Gasteiger partial charge in [0.15, 0.2) is 5.82 Å². The monoisotopic (exact) mass is 395 g/mol. The Bertz CT molecular complexity index is 802. The lowest BCUT2D eigenvalue weighted by Gasteiger charge is -2.24. The van der Waals surface area contributed by atoms with Crippen LogP contribution in [0.15, 0.2) is 28.9 Å². The van der Waals surface area contributed by atoms with Crippen LogP contribution in [0, 0.1) is 0 Å². The van der Waals surface area contributed by atoms with Gasteiger partial charge in [-0.15, -0.1) is 0 Å². The van der Waals surface area contributed by atoms with E-state index in [-0.39, 0.29) is 5.82 Å². The van der Waals surface area contributed by atoms with Crippen molar-refractivity contribution in [3.63, 3.8) is 0 Å². The van der Waals surface area contributed by atoms with E-state index in [0.29, 0.717) is 26.7 Å². The van der Waals surface area contributed by atoms with Crippen molar-refractivity contribution in [2.24, 2.45) is 5.73 Å². The van der Waals surface area contributed by atoms with E-state index < -0.39 is 17.8 Å². The Morgan fingerprint density at radius 1 is 1.33 bits per heavy atom. The minimum absolute atomic E-state index is 0.0153. The number of imide groups is 1. The molecule has 0 aliphatic rings. The molecule has 1 aromatic carbocycles. The van der Waals surface area contributed by atoms with Gasteiger partial charge in [-0.2, -0.15) is 4.90 Å². The van der Waals surface area contributed by atoms with Gasteiger partial charge in [-0.05, 0) is 48.3 Å². The van der Waals surface area contributed by atoms with E-state index in [2.05, 4.69) is 20.9 Å². The number of nitrogens with zero attached hydrogens (tertiary/aromatic N) is 2. The summed E-state index contributed by atoms with van der Waals surface area (Å²) in [6.45, 7) is 5.32. The average molecular weight is 396 g/mol. The molecule has 8 heteroatoms. The highest BCUT2D eigenvalue weighted by Gasteiger charge is 2.31. The number of nitrogens with two attached hydrogens (primary N) is 1. The van der Waals surface area contributed by atoms with Gasteiger partial charge < -0.3 is 15.6 Å². The molecule has 2 rings (SSSR count). The first kappa shape index (κ1) is 18.2. The molecule has 1 heterocycles. The van der Waals surface area contributed by atoms with E-state index in [1.807, 2.05) is 6.07 Å². The van der Waals surface area contributed by atoms with Crippen LogP contribution in [-0.2, 0) is 11.3 Å². The van der Waals surface area contributed by atoms with Gasteiger partial charge in [-0.3, -0.25) is 0 Å². The van der Waals surface area contributed by atoms with Gasteiger partial charge in [0.2, 0.25) is 0 Å². The summed E-state index contributed by atoms with van der Waals surface area (Å²) >= 11 is 3.38. The number of pyridine rings is 1. The molecule has 3 N–H and O–H groups in total. The molecule has 24 heavy (non-hydrogen) atoms. The predicted molar refractivity (Wildman–Crippen MR) is 94.1 cm³/mol. The molecule has 0 atom stereocenters.